The highest BCUT2D eigenvalue weighted by Crippen LogP contribution is 2.03. The van der Waals surface area contributed by atoms with E-state index < -0.39 is 0 Å². The molecule has 0 fully saturated rings. The zero-order valence-electron chi connectivity index (χ0n) is 11.2. The molecule has 0 unspecified atom stereocenters. The van der Waals surface area contributed by atoms with Crippen LogP contribution in [0.15, 0.2) is 24.5 Å². The molecule has 1 aromatic rings. The Morgan fingerprint density at radius 2 is 1.84 bits per heavy atom. The third-order valence-corrected chi connectivity index (χ3v) is 2.76. The molecule has 0 radical (unpaired) electrons. The summed E-state index contributed by atoms with van der Waals surface area (Å²) in [5, 5.41) is 2.85. The predicted molar refractivity (Wildman–Crippen MR) is 71.7 cm³/mol. The summed E-state index contributed by atoms with van der Waals surface area (Å²) in [7, 11) is 1.40. The van der Waals surface area contributed by atoms with E-state index in [1.807, 2.05) is 0 Å². The van der Waals surface area contributed by atoms with E-state index in [2.05, 4.69) is 15.0 Å². The maximum absolute atomic E-state index is 11.7. The third-order valence-electron chi connectivity index (χ3n) is 2.76. The van der Waals surface area contributed by atoms with Crippen molar-refractivity contribution in [3.05, 3.63) is 30.1 Å². The largest absolute Gasteiger partial charge is 0.469 e. The SMILES string of the molecule is COC(=O)CCCCCCNC(=O)c1ccncc1. The van der Waals surface area contributed by atoms with Gasteiger partial charge in [-0.05, 0) is 25.0 Å². The molecule has 0 aliphatic carbocycles. The lowest BCUT2D eigenvalue weighted by molar-refractivity contribution is -0.140. The topological polar surface area (TPSA) is 68.3 Å². The van der Waals surface area contributed by atoms with E-state index in [9.17, 15) is 9.59 Å². The number of methoxy groups -OCH3 is 1. The highest BCUT2D eigenvalue weighted by Gasteiger charge is 2.03. The van der Waals surface area contributed by atoms with Crippen LogP contribution in [-0.4, -0.2) is 30.5 Å². The Morgan fingerprint density at radius 3 is 2.53 bits per heavy atom. The van der Waals surface area contributed by atoms with Gasteiger partial charge >= 0.3 is 5.97 Å². The van der Waals surface area contributed by atoms with E-state index in [4.69, 9.17) is 0 Å². The van der Waals surface area contributed by atoms with Gasteiger partial charge in [-0.25, -0.2) is 0 Å². The molecule has 0 aromatic carbocycles. The van der Waals surface area contributed by atoms with E-state index in [0.717, 1.165) is 25.7 Å². The molecule has 0 aliphatic heterocycles. The second-order valence-electron chi connectivity index (χ2n) is 4.23. The highest BCUT2D eigenvalue weighted by atomic mass is 16.5. The number of nitrogens with zero attached hydrogens (tertiary/aromatic N) is 1. The molecule has 5 heteroatoms. The van der Waals surface area contributed by atoms with Crippen molar-refractivity contribution in [2.24, 2.45) is 0 Å². The lowest BCUT2D eigenvalue weighted by Crippen LogP contribution is -2.24. The molecule has 1 heterocycles. The minimum absolute atomic E-state index is 0.0723. The molecular weight excluding hydrogens is 244 g/mol. The number of esters is 1. The molecule has 0 saturated heterocycles. The van der Waals surface area contributed by atoms with Crippen molar-refractivity contribution in [3.8, 4) is 0 Å². The molecule has 0 spiro atoms. The maximum Gasteiger partial charge on any atom is 0.305 e. The Balaban J connectivity index is 2.02. The maximum atomic E-state index is 11.7. The van der Waals surface area contributed by atoms with Crippen molar-refractivity contribution in [2.45, 2.75) is 32.1 Å². The molecule has 0 atom stereocenters. The molecule has 0 bridgehead atoms. The Morgan fingerprint density at radius 1 is 1.16 bits per heavy atom. The number of carbonyl (C=O) groups is 2. The van der Waals surface area contributed by atoms with E-state index in [0.29, 0.717) is 18.5 Å². The summed E-state index contributed by atoms with van der Waals surface area (Å²) in [6.45, 7) is 0.652. The summed E-state index contributed by atoms with van der Waals surface area (Å²) in [5.74, 6) is -0.233. The van der Waals surface area contributed by atoms with Crippen LogP contribution in [0.2, 0.25) is 0 Å². The lowest BCUT2D eigenvalue weighted by atomic mass is 10.1. The van der Waals surface area contributed by atoms with Crippen LogP contribution in [0.1, 0.15) is 42.5 Å². The number of hydrogen-bond donors (Lipinski definition) is 1. The van der Waals surface area contributed by atoms with E-state index in [-0.39, 0.29) is 11.9 Å². The van der Waals surface area contributed by atoms with Crippen LogP contribution in [0.5, 0.6) is 0 Å². The van der Waals surface area contributed by atoms with Gasteiger partial charge in [0.2, 0.25) is 0 Å². The first kappa shape index (κ1) is 15.1. The van der Waals surface area contributed by atoms with Crippen LogP contribution in [0, 0.1) is 0 Å². The Kier molecular flexibility index (Phi) is 7.24. The molecule has 5 nitrogen and oxygen atoms in total. The van der Waals surface area contributed by atoms with E-state index in [1.165, 1.54) is 7.11 Å². The molecule has 1 rings (SSSR count). The molecular formula is C14H20N2O3. The summed E-state index contributed by atoms with van der Waals surface area (Å²) >= 11 is 0. The van der Waals surface area contributed by atoms with Crippen LogP contribution in [0.25, 0.3) is 0 Å². The van der Waals surface area contributed by atoms with Crippen molar-refractivity contribution in [2.75, 3.05) is 13.7 Å². The minimum atomic E-state index is -0.161. The first-order chi connectivity index (χ1) is 9.24. The molecule has 104 valence electrons. The normalized spacial score (nSPS) is 9.95. The standard InChI is InChI=1S/C14H20N2O3/c1-19-13(17)6-4-2-3-5-9-16-14(18)12-7-10-15-11-8-12/h7-8,10-11H,2-6,9H2,1H3,(H,16,18). The van der Waals surface area contributed by atoms with Gasteiger partial charge in [0.25, 0.3) is 5.91 Å². The molecule has 1 aromatic heterocycles. The smallest absolute Gasteiger partial charge is 0.305 e. The summed E-state index contributed by atoms with van der Waals surface area (Å²) in [5.41, 5.74) is 0.626. The van der Waals surface area contributed by atoms with Crippen molar-refractivity contribution < 1.29 is 14.3 Å². The minimum Gasteiger partial charge on any atom is -0.469 e. The quantitative estimate of drug-likeness (QED) is 0.575. The molecule has 1 amide bonds. The first-order valence-electron chi connectivity index (χ1n) is 6.49. The zero-order valence-corrected chi connectivity index (χ0v) is 11.2. The summed E-state index contributed by atoms with van der Waals surface area (Å²) in [6.07, 6.45) is 7.39. The van der Waals surface area contributed by atoms with Gasteiger partial charge < -0.3 is 10.1 Å². The average molecular weight is 264 g/mol. The number of carbonyl (C=O) groups excluding carboxylic acids is 2. The second kappa shape index (κ2) is 9.08. The second-order valence-corrected chi connectivity index (χ2v) is 4.23. The fraction of sp³-hybridized carbons (Fsp3) is 0.500. The predicted octanol–water partition coefficient (Wildman–Crippen LogP) is 1.93. The van der Waals surface area contributed by atoms with Gasteiger partial charge in [-0.2, -0.15) is 0 Å². The van der Waals surface area contributed by atoms with Gasteiger partial charge in [0.1, 0.15) is 0 Å². The van der Waals surface area contributed by atoms with Crippen molar-refractivity contribution in [1.29, 1.82) is 0 Å². The molecule has 0 saturated carbocycles. The van der Waals surface area contributed by atoms with Crippen LogP contribution in [0.4, 0.5) is 0 Å². The van der Waals surface area contributed by atoms with Crippen LogP contribution < -0.4 is 5.32 Å². The Hall–Kier alpha value is -1.91. The van der Waals surface area contributed by atoms with Crippen molar-refractivity contribution in [3.63, 3.8) is 0 Å². The summed E-state index contributed by atoms with van der Waals surface area (Å²) in [4.78, 5) is 26.4. The monoisotopic (exact) mass is 264 g/mol. The third kappa shape index (κ3) is 6.55. The first-order valence-corrected chi connectivity index (χ1v) is 6.49. The Labute approximate surface area is 113 Å². The summed E-state index contributed by atoms with van der Waals surface area (Å²) in [6, 6.07) is 3.37. The molecule has 19 heavy (non-hydrogen) atoms. The zero-order chi connectivity index (χ0) is 13.9. The number of unbranched alkanes of at least 4 members (excludes halogenated alkanes) is 3. The van der Waals surface area contributed by atoms with Crippen LogP contribution in [-0.2, 0) is 9.53 Å². The van der Waals surface area contributed by atoms with Gasteiger partial charge in [0, 0.05) is 30.9 Å². The van der Waals surface area contributed by atoms with Crippen molar-refractivity contribution >= 4 is 11.9 Å². The van der Waals surface area contributed by atoms with Gasteiger partial charge in [-0.1, -0.05) is 12.8 Å². The fourth-order valence-electron chi connectivity index (χ4n) is 1.66. The van der Waals surface area contributed by atoms with Gasteiger partial charge in [-0.15, -0.1) is 0 Å². The van der Waals surface area contributed by atoms with Crippen molar-refractivity contribution in [1.82, 2.24) is 10.3 Å². The van der Waals surface area contributed by atoms with Crippen LogP contribution >= 0.6 is 0 Å². The average Bonchev–Trinajstić information content (AvgIpc) is 2.46. The molecule has 1 N–H and O–H groups in total. The summed E-state index contributed by atoms with van der Waals surface area (Å²) < 4.78 is 4.56. The number of aromatic nitrogens is 1. The number of ether oxygens (including phenoxy) is 1. The number of hydrogen-bond acceptors (Lipinski definition) is 4. The number of nitrogens with one attached hydrogen (secondary N) is 1. The number of rotatable bonds is 8. The number of pyridine rings is 1. The van der Waals surface area contributed by atoms with Gasteiger partial charge in [-0.3, -0.25) is 14.6 Å². The highest BCUT2D eigenvalue weighted by molar-refractivity contribution is 5.93. The van der Waals surface area contributed by atoms with E-state index >= 15 is 0 Å². The lowest BCUT2D eigenvalue weighted by Gasteiger charge is -2.04. The Bertz CT molecular complexity index is 393. The number of amides is 1. The van der Waals surface area contributed by atoms with Crippen LogP contribution in [0.3, 0.4) is 0 Å². The van der Waals surface area contributed by atoms with Gasteiger partial charge in [0.05, 0.1) is 7.11 Å². The fourth-order valence-corrected chi connectivity index (χ4v) is 1.66. The van der Waals surface area contributed by atoms with E-state index in [1.54, 1.807) is 24.5 Å². The van der Waals surface area contributed by atoms with Gasteiger partial charge in [0.15, 0.2) is 0 Å². The molecule has 0 aliphatic rings.